The summed E-state index contributed by atoms with van der Waals surface area (Å²) in [5, 5.41) is 0. The minimum absolute atomic E-state index is 0.721. The zero-order valence-corrected chi connectivity index (χ0v) is 16.4. The molecule has 0 amide bonds. The predicted octanol–water partition coefficient (Wildman–Crippen LogP) is 4.07. The van der Waals surface area contributed by atoms with Gasteiger partial charge < -0.3 is 14.9 Å². The van der Waals surface area contributed by atoms with E-state index < -0.39 is 0 Å². The van der Waals surface area contributed by atoms with E-state index in [0.29, 0.717) is 0 Å². The summed E-state index contributed by atoms with van der Waals surface area (Å²) in [6, 6.07) is 12.0. The lowest BCUT2D eigenvalue weighted by atomic mass is 9.92. The monoisotopic (exact) mass is 364 g/mol. The number of benzene rings is 1. The van der Waals surface area contributed by atoms with Gasteiger partial charge in [0, 0.05) is 37.1 Å². The van der Waals surface area contributed by atoms with Crippen LogP contribution in [0.5, 0.6) is 5.75 Å². The summed E-state index contributed by atoms with van der Waals surface area (Å²) in [7, 11) is 1.70. The van der Waals surface area contributed by atoms with E-state index in [-0.39, 0.29) is 0 Å². The van der Waals surface area contributed by atoms with Crippen molar-refractivity contribution < 1.29 is 4.74 Å². The summed E-state index contributed by atoms with van der Waals surface area (Å²) in [4.78, 5) is 7.48. The summed E-state index contributed by atoms with van der Waals surface area (Å²) in [6.07, 6.45) is 3.29. The molecular formula is C22H28N4O. The molecule has 4 rings (SSSR count). The molecule has 0 radical (unpaired) electrons. The molecule has 1 fully saturated rings. The van der Waals surface area contributed by atoms with E-state index in [4.69, 9.17) is 15.5 Å². The second-order valence-corrected chi connectivity index (χ2v) is 7.97. The molecule has 2 atom stereocenters. The number of hydrogen-bond acceptors (Lipinski definition) is 4. The average molecular weight is 364 g/mol. The molecule has 1 aliphatic rings. The largest absolute Gasteiger partial charge is 0.497 e. The van der Waals surface area contributed by atoms with E-state index in [1.54, 1.807) is 7.11 Å². The van der Waals surface area contributed by atoms with E-state index >= 15 is 0 Å². The first-order chi connectivity index (χ1) is 13.0. The second kappa shape index (κ2) is 7.24. The lowest BCUT2D eigenvalue weighted by molar-refractivity contribution is 0.133. The third-order valence-corrected chi connectivity index (χ3v) is 5.40. The number of methoxy groups -OCH3 is 1. The van der Waals surface area contributed by atoms with Crippen LogP contribution in [0, 0.1) is 11.8 Å². The van der Waals surface area contributed by atoms with E-state index in [1.165, 1.54) is 12.1 Å². The van der Waals surface area contributed by atoms with Gasteiger partial charge in [-0.15, -0.1) is 0 Å². The van der Waals surface area contributed by atoms with Crippen molar-refractivity contribution in [3.8, 4) is 17.0 Å². The number of piperidine rings is 1. The van der Waals surface area contributed by atoms with Gasteiger partial charge in [-0.25, -0.2) is 4.98 Å². The third kappa shape index (κ3) is 3.65. The van der Waals surface area contributed by atoms with Gasteiger partial charge in [0.15, 0.2) is 0 Å². The zero-order chi connectivity index (χ0) is 19.0. The van der Waals surface area contributed by atoms with Gasteiger partial charge in [0.05, 0.1) is 18.5 Å². The summed E-state index contributed by atoms with van der Waals surface area (Å²) in [6.45, 7) is 7.80. The second-order valence-electron chi connectivity index (χ2n) is 7.97. The van der Waals surface area contributed by atoms with E-state index in [9.17, 15) is 0 Å². The number of nitrogen functional groups attached to an aromatic ring is 1. The molecule has 2 aromatic heterocycles. The summed E-state index contributed by atoms with van der Waals surface area (Å²) in [5.74, 6) is 2.28. The maximum Gasteiger partial charge on any atom is 0.137 e. The number of nitrogens with zero attached hydrogens (tertiary/aromatic N) is 3. The van der Waals surface area contributed by atoms with Crippen molar-refractivity contribution in [2.45, 2.75) is 26.8 Å². The highest BCUT2D eigenvalue weighted by Gasteiger charge is 2.24. The fourth-order valence-corrected chi connectivity index (χ4v) is 4.40. The van der Waals surface area contributed by atoms with Crippen LogP contribution in [0.25, 0.3) is 16.9 Å². The molecule has 27 heavy (non-hydrogen) atoms. The SMILES string of the molecule is COc1cccc(-c2nc3ccc(N)cn3c2CN2CC(C)CC(C)C2)c1. The van der Waals surface area contributed by atoms with E-state index in [0.717, 1.165) is 59.8 Å². The van der Waals surface area contributed by atoms with Gasteiger partial charge in [-0.05, 0) is 42.5 Å². The average Bonchev–Trinajstić information content (AvgIpc) is 2.99. The number of ether oxygens (including phenoxy) is 1. The normalized spacial score (nSPS) is 20.9. The van der Waals surface area contributed by atoms with Crippen LogP contribution in [0.4, 0.5) is 5.69 Å². The smallest absolute Gasteiger partial charge is 0.137 e. The Morgan fingerprint density at radius 2 is 1.93 bits per heavy atom. The van der Waals surface area contributed by atoms with Gasteiger partial charge in [-0.2, -0.15) is 0 Å². The van der Waals surface area contributed by atoms with Crippen LogP contribution in [-0.4, -0.2) is 34.5 Å². The van der Waals surface area contributed by atoms with E-state index in [1.807, 2.05) is 30.5 Å². The Morgan fingerprint density at radius 3 is 2.67 bits per heavy atom. The first-order valence-corrected chi connectivity index (χ1v) is 9.66. The predicted molar refractivity (Wildman–Crippen MR) is 110 cm³/mol. The molecule has 1 aliphatic heterocycles. The van der Waals surface area contributed by atoms with Gasteiger partial charge >= 0.3 is 0 Å². The molecule has 1 aromatic carbocycles. The van der Waals surface area contributed by atoms with Crippen LogP contribution in [-0.2, 0) is 6.54 Å². The van der Waals surface area contributed by atoms with Crippen molar-refractivity contribution in [3.05, 3.63) is 48.3 Å². The molecule has 3 heterocycles. The van der Waals surface area contributed by atoms with Crippen molar-refractivity contribution in [1.29, 1.82) is 0 Å². The molecule has 142 valence electrons. The standard InChI is InChI=1S/C22H28N4O/c1-15-9-16(2)12-25(11-15)14-20-22(17-5-4-6-19(10-17)27-3)24-21-8-7-18(23)13-26(20)21/h4-8,10,13,15-16H,9,11-12,14,23H2,1-3H3. The lowest BCUT2D eigenvalue weighted by Crippen LogP contribution is -2.38. The van der Waals surface area contributed by atoms with Crippen LogP contribution in [0.3, 0.4) is 0 Å². The number of likely N-dealkylation sites (tertiary alicyclic amines) is 1. The highest BCUT2D eigenvalue weighted by atomic mass is 16.5. The summed E-state index contributed by atoms with van der Waals surface area (Å²) < 4.78 is 7.57. The maximum absolute atomic E-state index is 6.08. The van der Waals surface area contributed by atoms with E-state index in [2.05, 4.69) is 35.3 Å². The first kappa shape index (κ1) is 17.9. The fraction of sp³-hybridized carbons (Fsp3) is 0.409. The lowest BCUT2D eigenvalue weighted by Gasteiger charge is -2.35. The third-order valence-electron chi connectivity index (χ3n) is 5.40. The van der Waals surface area contributed by atoms with Crippen molar-refractivity contribution in [2.75, 3.05) is 25.9 Å². The Balaban J connectivity index is 1.79. The molecule has 1 saturated heterocycles. The van der Waals surface area contributed by atoms with Crippen LogP contribution < -0.4 is 10.5 Å². The van der Waals surface area contributed by atoms with Crippen LogP contribution in [0.1, 0.15) is 26.0 Å². The highest BCUT2D eigenvalue weighted by molar-refractivity contribution is 5.68. The van der Waals surface area contributed by atoms with Gasteiger partial charge in [-0.1, -0.05) is 26.0 Å². The maximum atomic E-state index is 6.08. The highest BCUT2D eigenvalue weighted by Crippen LogP contribution is 2.30. The molecule has 0 aliphatic carbocycles. The van der Waals surface area contributed by atoms with Crippen molar-refractivity contribution >= 4 is 11.3 Å². The van der Waals surface area contributed by atoms with Gasteiger partial charge in [0.25, 0.3) is 0 Å². The Morgan fingerprint density at radius 1 is 1.15 bits per heavy atom. The van der Waals surface area contributed by atoms with Crippen molar-refractivity contribution in [3.63, 3.8) is 0 Å². The van der Waals surface area contributed by atoms with Crippen LogP contribution >= 0.6 is 0 Å². The Kier molecular flexibility index (Phi) is 4.79. The number of rotatable bonds is 4. The molecule has 3 aromatic rings. The number of aromatic nitrogens is 2. The van der Waals surface area contributed by atoms with Gasteiger partial charge in [0.2, 0.25) is 0 Å². The van der Waals surface area contributed by atoms with Crippen LogP contribution in [0.15, 0.2) is 42.6 Å². The van der Waals surface area contributed by atoms with Gasteiger partial charge in [-0.3, -0.25) is 4.90 Å². The van der Waals surface area contributed by atoms with Gasteiger partial charge in [0.1, 0.15) is 11.4 Å². The summed E-state index contributed by atoms with van der Waals surface area (Å²) in [5.41, 5.74) is 11.0. The topological polar surface area (TPSA) is 55.8 Å². The Labute approximate surface area is 160 Å². The molecular weight excluding hydrogens is 336 g/mol. The van der Waals surface area contributed by atoms with Crippen molar-refractivity contribution in [2.24, 2.45) is 11.8 Å². The Hall–Kier alpha value is -2.53. The summed E-state index contributed by atoms with van der Waals surface area (Å²) >= 11 is 0. The number of fused-ring (bicyclic) bond motifs is 1. The zero-order valence-electron chi connectivity index (χ0n) is 16.4. The van der Waals surface area contributed by atoms with Crippen LogP contribution in [0.2, 0.25) is 0 Å². The first-order valence-electron chi connectivity index (χ1n) is 9.66. The molecule has 0 saturated carbocycles. The molecule has 0 bridgehead atoms. The Bertz CT molecular complexity index is 939. The number of nitrogens with two attached hydrogens (primary N) is 1. The molecule has 0 spiro atoms. The molecule has 2 N–H and O–H groups in total. The number of imidazole rings is 1. The minimum atomic E-state index is 0.721. The number of hydrogen-bond donors (Lipinski definition) is 1. The molecule has 2 unspecified atom stereocenters. The quantitative estimate of drug-likeness (QED) is 0.758. The fourth-order valence-electron chi connectivity index (χ4n) is 4.40. The van der Waals surface area contributed by atoms with Crippen molar-refractivity contribution in [1.82, 2.24) is 14.3 Å². The minimum Gasteiger partial charge on any atom is -0.497 e. The number of anilines is 1. The number of pyridine rings is 1. The molecule has 5 nitrogen and oxygen atoms in total. The molecule has 5 heteroatoms.